The van der Waals surface area contributed by atoms with Crippen molar-refractivity contribution in [2.75, 3.05) is 19.7 Å². The van der Waals surface area contributed by atoms with E-state index >= 15 is 0 Å². The van der Waals surface area contributed by atoms with Crippen LogP contribution in [0.15, 0.2) is 0 Å². The molecule has 2 N–H and O–H groups in total. The number of amides is 2. The lowest BCUT2D eigenvalue weighted by atomic mass is 10.2. The van der Waals surface area contributed by atoms with Crippen LogP contribution < -0.4 is 5.73 Å². The number of carbonyl (C=O) groups is 3. The van der Waals surface area contributed by atoms with Crippen LogP contribution >= 0.6 is 0 Å². The van der Waals surface area contributed by atoms with Crippen molar-refractivity contribution in [2.45, 2.75) is 33.6 Å². The van der Waals surface area contributed by atoms with Crippen LogP contribution in [0.5, 0.6) is 0 Å². The van der Waals surface area contributed by atoms with Crippen molar-refractivity contribution in [3.8, 4) is 0 Å². The molecule has 104 valence electrons. The van der Waals surface area contributed by atoms with Gasteiger partial charge < -0.3 is 15.4 Å². The third-order valence-electron chi connectivity index (χ3n) is 2.13. The Hall–Kier alpha value is -1.59. The second-order valence-corrected chi connectivity index (χ2v) is 4.44. The lowest BCUT2D eigenvalue weighted by molar-refractivity contribution is -0.146. The molecule has 0 bridgehead atoms. The molecule has 0 fully saturated rings. The van der Waals surface area contributed by atoms with E-state index in [-0.39, 0.29) is 31.2 Å². The van der Waals surface area contributed by atoms with E-state index in [0.717, 1.165) is 0 Å². The van der Waals surface area contributed by atoms with Gasteiger partial charge in [0.2, 0.25) is 11.8 Å². The first kappa shape index (κ1) is 16.4. The van der Waals surface area contributed by atoms with Gasteiger partial charge in [0.1, 0.15) is 0 Å². The second-order valence-electron chi connectivity index (χ2n) is 4.44. The molecule has 0 aliphatic rings. The van der Waals surface area contributed by atoms with Gasteiger partial charge in [-0.2, -0.15) is 0 Å². The number of carbonyl (C=O) groups excluding carboxylic acids is 3. The predicted molar refractivity (Wildman–Crippen MR) is 66.5 cm³/mol. The molecule has 0 aromatic rings. The van der Waals surface area contributed by atoms with E-state index in [1.54, 1.807) is 6.92 Å². The molecule has 6 heteroatoms. The highest BCUT2D eigenvalue weighted by Crippen LogP contribution is 2.04. The molecule has 0 unspecified atom stereocenters. The normalized spacial score (nSPS) is 10.2. The standard InChI is InChI=1S/C12H22N2O4/c1-4-18-12(17)6-5-11(16)14(7-9(2)3)8-10(13)15/h9H,4-8H2,1-3H3,(H2,13,15). The maximum Gasteiger partial charge on any atom is 0.306 e. The first-order chi connectivity index (χ1) is 8.36. The molecule has 0 aromatic heterocycles. The Morgan fingerprint density at radius 3 is 2.28 bits per heavy atom. The largest absolute Gasteiger partial charge is 0.466 e. The van der Waals surface area contributed by atoms with Crippen LogP contribution in [-0.2, 0) is 19.1 Å². The van der Waals surface area contributed by atoms with Crippen LogP contribution in [0, 0.1) is 5.92 Å². The SMILES string of the molecule is CCOC(=O)CCC(=O)N(CC(N)=O)CC(C)C. The van der Waals surface area contributed by atoms with Gasteiger partial charge >= 0.3 is 5.97 Å². The van der Waals surface area contributed by atoms with Gasteiger partial charge in [0.05, 0.1) is 19.6 Å². The van der Waals surface area contributed by atoms with Crippen LogP contribution in [0.3, 0.4) is 0 Å². The average molecular weight is 258 g/mol. The van der Waals surface area contributed by atoms with Crippen LogP contribution in [0.4, 0.5) is 0 Å². The van der Waals surface area contributed by atoms with E-state index < -0.39 is 11.9 Å². The molecular weight excluding hydrogens is 236 g/mol. The third-order valence-corrected chi connectivity index (χ3v) is 2.13. The number of ether oxygens (including phenoxy) is 1. The van der Waals surface area contributed by atoms with Gasteiger partial charge in [-0.1, -0.05) is 13.8 Å². The lowest BCUT2D eigenvalue weighted by Crippen LogP contribution is -2.40. The van der Waals surface area contributed by atoms with Gasteiger partial charge in [-0.3, -0.25) is 14.4 Å². The maximum absolute atomic E-state index is 11.8. The number of rotatable bonds is 8. The minimum Gasteiger partial charge on any atom is -0.466 e. The van der Waals surface area contributed by atoms with E-state index in [0.29, 0.717) is 13.2 Å². The van der Waals surface area contributed by atoms with Crippen LogP contribution in [0.25, 0.3) is 0 Å². The number of hydrogen-bond donors (Lipinski definition) is 1. The van der Waals surface area contributed by atoms with E-state index in [1.165, 1.54) is 4.90 Å². The minimum atomic E-state index is -0.555. The van der Waals surface area contributed by atoms with Crippen LogP contribution in [0.2, 0.25) is 0 Å². The van der Waals surface area contributed by atoms with Crippen LogP contribution in [-0.4, -0.2) is 42.4 Å². The summed E-state index contributed by atoms with van der Waals surface area (Å²) in [6.45, 7) is 6.21. The molecule has 0 aliphatic heterocycles. The van der Waals surface area contributed by atoms with E-state index in [2.05, 4.69) is 0 Å². The van der Waals surface area contributed by atoms with E-state index in [9.17, 15) is 14.4 Å². The predicted octanol–water partition coefficient (Wildman–Crippen LogP) is 0.300. The highest BCUT2D eigenvalue weighted by Gasteiger charge is 2.18. The number of hydrogen-bond acceptors (Lipinski definition) is 4. The number of nitrogens with two attached hydrogens (primary N) is 1. The lowest BCUT2D eigenvalue weighted by Gasteiger charge is -2.23. The third kappa shape index (κ3) is 7.65. The highest BCUT2D eigenvalue weighted by atomic mass is 16.5. The monoisotopic (exact) mass is 258 g/mol. The summed E-state index contributed by atoms with van der Waals surface area (Å²) in [6, 6.07) is 0. The number of esters is 1. The molecule has 0 spiro atoms. The quantitative estimate of drug-likeness (QED) is 0.634. The summed E-state index contributed by atoms with van der Waals surface area (Å²) in [5.74, 6) is -0.985. The molecule has 2 amide bonds. The summed E-state index contributed by atoms with van der Waals surface area (Å²) in [7, 11) is 0. The Balaban J connectivity index is 4.28. The van der Waals surface area contributed by atoms with Crippen LogP contribution in [0.1, 0.15) is 33.6 Å². The van der Waals surface area contributed by atoms with Gasteiger partial charge in [0.15, 0.2) is 0 Å². The first-order valence-electron chi connectivity index (χ1n) is 6.08. The van der Waals surface area contributed by atoms with Crippen molar-refractivity contribution in [3.63, 3.8) is 0 Å². The summed E-state index contributed by atoms with van der Waals surface area (Å²) in [6.07, 6.45) is 0.0683. The van der Waals surface area contributed by atoms with Crippen molar-refractivity contribution in [2.24, 2.45) is 11.7 Å². The molecule has 0 aromatic carbocycles. The zero-order valence-corrected chi connectivity index (χ0v) is 11.3. The molecule has 18 heavy (non-hydrogen) atoms. The molecular formula is C12H22N2O4. The molecule has 0 atom stereocenters. The minimum absolute atomic E-state index is 0.0278. The van der Waals surface area contributed by atoms with Gasteiger partial charge in [-0.25, -0.2) is 0 Å². The molecule has 0 rings (SSSR count). The van der Waals surface area contributed by atoms with Crippen molar-refractivity contribution in [1.82, 2.24) is 4.90 Å². The molecule has 0 saturated carbocycles. The summed E-state index contributed by atoms with van der Waals surface area (Å²) >= 11 is 0. The van der Waals surface area contributed by atoms with Crippen molar-refractivity contribution < 1.29 is 19.1 Å². The Bertz CT molecular complexity index is 302. The Morgan fingerprint density at radius 1 is 1.22 bits per heavy atom. The highest BCUT2D eigenvalue weighted by molar-refractivity contribution is 5.85. The van der Waals surface area contributed by atoms with E-state index in [4.69, 9.17) is 10.5 Å². The maximum atomic E-state index is 11.8. The van der Waals surface area contributed by atoms with E-state index in [1.807, 2.05) is 13.8 Å². The first-order valence-corrected chi connectivity index (χ1v) is 6.08. The average Bonchev–Trinajstić information content (AvgIpc) is 2.24. The molecule has 6 nitrogen and oxygen atoms in total. The summed E-state index contributed by atoms with van der Waals surface area (Å²) in [4.78, 5) is 35.2. The fourth-order valence-electron chi connectivity index (χ4n) is 1.48. The number of nitrogens with zero attached hydrogens (tertiary/aromatic N) is 1. The number of primary amides is 1. The van der Waals surface area contributed by atoms with Crippen molar-refractivity contribution >= 4 is 17.8 Å². The Morgan fingerprint density at radius 2 is 1.83 bits per heavy atom. The second kappa shape index (κ2) is 8.49. The Kier molecular flexibility index (Phi) is 7.74. The molecule has 0 saturated heterocycles. The smallest absolute Gasteiger partial charge is 0.306 e. The molecule has 0 radical (unpaired) electrons. The fraction of sp³-hybridized carbons (Fsp3) is 0.750. The molecule has 0 aliphatic carbocycles. The topological polar surface area (TPSA) is 89.7 Å². The van der Waals surface area contributed by atoms with Gasteiger partial charge in [-0.05, 0) is 12.8 Å². The summed E-state index contributed by atoms with van der Waals surface area (Å²) in [5.41, 5.74) is 5.09. The van der Waals surface area contributed by atoms with Gasteiger partial charge in [-0.15, -0.1) is 0 Å². The summed E-state index contributed by atoms with van der Waals surface area (Å²) in [5, 5.41) is 0. The fourth-order valence-corrected chi connectivity index (χ4v) is 1.48. The molecule has 0 heterocycles. The zero-order valence-electron chi connectivity index (χ0n) is 11.3. The van der Waals surface area contributed by atoms with Crippen molar-refractivity contribution in [1.29, 1.82) is 0 Å². The van der Waals surface area contributed by atoms with Gasteiger partial charge in [0.25, 0.3) is 0 Å². The summed E-state index contributed by atoms with van der Waals surface area (Å²) < 4.78 is 4.73. The Labute approximate surface area is 107 Å². The van der Waals surface area contributed by atoms with Crippen molar-refractivity contribution in [3.05, 3.63) is 0 Å². The zero-order chi connectivity index (χ0) is 14.1. The van der Waals surface area contributed by atoms with Gasteiger partial charge in [0, 0.05) is 13.0 Å².